The maximum Gasteiger partial charge on any atom is 0.0715 e. The number of halogens is 1. The van der Waals surface area contributed by atoms with E-state index in [0.717, 1.165) is 4.55 Å². The van der Waals surface area contributed by atoms with Gasteiger partial charge < -0.3 is 10.4 Å². The fraction of sp³-hybridized carbons (Fsp3) is 1.00. The van der Waals surface area contributed by atoms with E-state index in [2.05, 4.69) is 27.9 Å². The number of alkyl halides is 1. The summed E-state index contributed by atoms with van der Waals surface area (Å²) in [4.78, 5) is 0. The van der Waals surface area contributed by atoms with Crippen LogP contribution in [0.3, 0.4) is 0 Å². The van der Waals surface area contributed by atoms with Crippen LogP contribution in [-0.2, 0) is 0 Å². The average molecular weight is 229 g/mol. The lowest BCUT2D eigenvalue weighted by Crippen LogP contribution is -2.33. The van der Waals surface area contributed by atoms with Gasteiger partial charge in [0.05, 0.1) is 5.60 Å². The second-order valence-electron chi connectivity index (χ2n) is 2.37. The highest BCUT2D eigenvalue weighted by molar-refractivity contribution is 14.1. The Balaban J connectivity index is 3.11. The molecule has 0 bridgehead atoms. The van der Waals surface area contributed by atoms with E-state index in [1.807, 2.05) is 0 Å². The summed E-state index contributed by atoms with van der Waals surface area (Å²) in [6.07, 6.45) is 0. The molecule has 0 aliphatic rings. The van der Waals surface area contributed by atoms with Gasteiger partial charge in [0, 0.05) is 11.1 Å². The molecule has 0 saturated carbocycles. The second kappa shape index (κ2) is 3.63. The smallest absolute Gasteiger partial charge is 0.0715 e. The first-order valence-electron chi connectivity index (χ1n) is 2.55. The molecule has 0 aliphatic carbocycles. The second-order valence-corrected chi connectivity index (χ2v) is 3.14. The van der Waals surface area contributed by atoms with Crippen LogP contribution in [0.1, 0.15) is 13.8 Å². The van der Waals surface area contributed by atoms with Crippen molar-refractivity contribution in [2.24, 2.45) is 0 Å². The molecule has 0 fully saturated rings. The third-order valence-corrected chi connectivity index (χ3v) is 1.19. The lowest BCUT2D eigenvalue weighted by atomic mass is 10.1. The first-order valence-corrected chi connectivity index (χ1v) is 4.08. The zero-order chi connectivity index (χ0) is 6.62. The van der Waals surface area contributed by atoms with Crippen LogP contribution >= 0.6 is 22.6 Å². The third kappa shape index (κ3) is 6.65. The van der Waals surface area contributed by atoms with Crippen molar-refractivity contribution in [1.82, 2.24) is 5.32 Å². The molecule has 0 aromatic carbocycles. The fourth-order valence-electron chi connectivity index (χ4n) is 0.353. The molecule has 2 N–H and O–H groups in total. The van der Waals surface area contributed by atoms with E-state index in [1.54, 1.807) is 13.8 Å². The normalized spacial score (nSPS) is 12.0. The Kier molecular flexibility index (Phi) is 3.93. The van der Waals surface area contributed by atoms with Crippen molar-refractivity contribution in [3.05, 3.63) is 0 Å². The number of aliphatic hydroxyl groups is 1. The fourth-order valence-corrected chi connectivity index (χ4v) is 0.623. The van der Waals surface area contributed by atoms with Gasteiger partial charge in [-0.3, -0.25) is 0 Å². The topological polar surface area (TPSA) is 32.3 Å². The van der Waals surface area contributed by atoms with Crippen LogP contribution in [0, 0.1) is 0 Å². The van der Waals surface area contributed by atoms with Crippen molar-refractivity contribution in [2.45, 2.75) is 19.4 Å². The highest BCUT2D eigenvalue weighted by atomic mass is 127. The van der Waals surface area contributed by atoms with Crippen LogP contribution in [0.25, 0.3) is 0 Å². The van der Waals surface area contributed by atoms with Crippen molar-refractivity contribution in [1.29, 1.82) is 0 Å². The monoisotopic (exact) mass is 229 g/mol. The highest BCUT2D eigenvalue weighted by Crippen LogP contribution is 1.96. The van der Waals surface area contributed by atoms with Gasteiger partial charge in [0.1, 0.15) is 0 Å². The van der Waals surface area contributed by atoms with Crippen LogP contribution in [0.2, 0.25) is 0 Å². The standard InChI is InChI=1S/C5H12INO/c1-5(2,8)3-7-4-6/h7-8H,3-4H2,1-2H3. The van der Waals surface area contributed by atoms with E-state index < -0.39 is 5.60 Å². The van der Waals surface area contributed by atoms with Crippen molar-refractivity contribution >= 4 is 22.6 Å². The molecule has 0 aromatic rings. The van der Waals surface area contributed by atoms with Crippen LogP contribution in [0.5, 0.6) is 0 Å². The van der Waals surface area contributed by atoms with E-state index in [0.29, 0.717) is 6.54 Å². The van der Waals surface area contributed by atoms with E-state index in [1.165, 1.54) is 0 Å². The molecule has 0 rings (SSSR count). The number of hydrogen-bond donors (Lipinski definition) is 2. The van der Waals surface area contributed by atoms with E-state index >= 15 is 0 Å². The first-order chi connectivity index (χ1) is 3.56. The summed E-state index contributed by atoms with van der Waals surface area (Å²) in [6, 6.07) is 0. The number of nitrogens with one attached hydrogen (secondary N) is 1. The quantitative estimate of drug-likeness (QED) is 0.425. The molecule has 0 spiro atoms. The summed E-state index contributed by atoms with van der Waals surface area (Å²) in [6.45, 7) is 4.23. The van der Waals surface area contributed by atoms with Gasteiger partial charge in [-0.25, -0.2) is 0 Å². The van der Waals surface area contributed by atoms with Gasteiger partial charge in [-0.1, -0.05) is 22.6 Å². The SMILES string of the molecule is CC(C)(O)CNCI. The van der Waals surface area contributed by atoms with Crippen LogP contribution in [0.15, 0.2) is 0 Å². The Hall–Kier alpha value is 0.650. The predicted octanol–water partition coefficient (Wildman–Crippen LogP) is 0.739. The molecule has 3 heteroatoms. The summed E-state index contributed by atoms with van der Waals surface area (Å²) in [5, 5.41) is 12.1. The Morgan fingerprint density at radius 3 is 2.25 bits per heavy atom. The number of hydrogen-bond acceptors (Lipinski definition) is 2. The molecule has 0 aliphatic heterocycles. The van der Waals surface area contributed by atoms with Crippen LogP contribution < -0.4 is 5.32 Å². The zero-order valence-corrected chi connectivity index (χ0v) is 7.40. The molecule has 2 nitrogen and oxygen atoms in total. The molecule has 0 atom stereocenters. The lowest BCUT2D eigenvalue weighted by Gasteiger charge is -2.15. The Bertz CT molecular complexity index is 59.9. The van der Waals surface area contributed by atoms with Gasteiger partial charge >= 0.3 is 0 Å². The molecular formula is C5H12INO. The molecule has 0 heterocycles. The van der Waals surface area contributed by atoms with Gasteiger partial charge in [-0.15, -0.1) is 0 Å². The van der Waals surface area contributed by atoms with Gasteiger partial charge in [0.25, 0.3) is 0 Å². The molecule has 0 unspecified atom stereocenters. The molecule has 0 saturated heterocycles. The van der Waals surface area contributed by atoms with Crippen molar-refractivity contribution in [3.63, 3.8) is 0 Å². The van der Waals surface area contributed by atoms with E-state index in [4.69, 9.17) is 5.11 Å². The minimum Gasteiger partial charge on any atom is -0.389 e. The van der Waals surface area contributed by atoms with Gasteiger partial charge in [-0.2, -0.15) is 0 Å². The molecule has 0 radical (unpaired) electrons. The van der Waals surface area contributed by atoms with Gasteiger partial charge in [-0.05, 0) is 13.8 Å². The average Bonchev–Trinajstić information content (AvgIpc) is 1.59. The van der Waals surface area contributed by atoms with Gasteiger partial charge in [0.15, 0.2) is 0 Å². The molecule has 0 aromatic heterocycles. The third-order valence-electron chi connectivity index (χ3n) is 0.652. The van der Waals surface area contributed by atoms with Crippen LogP contribution in [0.4, 0.5) is 0 Å². The van der Waals surface area contributed by atoms with Gasteiger partial charge in [0.2, 0.25) is 0 Å². The first kappa shape index (κ1) is 8.65. The van der Waals surface area contributed by atoms with Crippen LogP contribution in [-0.4, -0.2) is 21.8 Å². The van der Waals surface area contributed by atoms with Crippen molar-refractivity contribution in [3.8, 4) is 0 Å². The molecule has 0 amide bonds. The Morgan fingerprint density at radius 1 is 1.62 bits per heavy atom. The summed E-state index contributed by atoms with van der Waals surface area (Å²) in [7, 11) is 0. The lowest BCUT2D eigenvalue weighted by molar-refractivity contribution is 0.0819. The predicted molar refractivity (Wildman–Crippen MR) is 43.2 cm³/mol. The summed E-state index contributed by atoms with van der Waals surface area (Å²) in [5.41, 5.74) is -0.564. The number of rotatable bonds is 3. The van der Waals surface area contributed by atoms with E-state index in [9.17, 15) is 0 Å². The zero-order valence-electron chi connectivity index (χ0n) is 5.24. The maximum absolute atomic E-state index is 9.08. The molecule has 8 heavy (non-hydrogen) atoms. The summed E-state index contributed by atoms with van der Waals surface area (Å²) in [5.74, 6) is 0. The summed E-state index contributed by atoms with van der Waals surface area (Å²) < 4.78 is 0.891. The highest BCUT2D eigenvalue weighted by Gasteiger charge is 2.09. The Labute approximate surface area is 63.8 Å². The van der Waals surface area contributed by atoms with Crippen molar-refractivity contribution < 1.29 is 5.11 Å². The minimum absolute atomic E-state index is 0.564. The maximum atomic E-state index is 9.08. The largest absolute Gasteiger partial charge is 0.389 e. The minimum atomic E-state index is -0.564. The van der Waals surface area contributed by atoms with E-state index in [-0.39, 0.29) is 0 Å². The van der Waals surface area contributed by atoms with Crippen molar-refractivity contribution in [2.75, 3.05) is 11.1 Å². The molecular weight excluding hydrogens is 217 g/mol. The molecule has 50 valence electrons. The summed E-state index contributed by atoms with van der Waals surface area (Å²) >= 11 is 2.21. The Morgan fingerprint density at radius 2 is 2.12 bits per heavy atom.